The van der Waals surface area contributed by atoms with Crippen LogP contribution in [0.2, 0.25) is 0 Å². The molecule has 1 atom stereocenters. The molecular formula is C14H18N4OS3. The molecule has 0 aliphatic carbocycles. The van der Waals surface area contributed by atoms with Gasteiger partial charge in [-0.1, -0.05) is 53.4 Å². The lowest BCUT2D eigenvalue weighted by molar-refractivity contribution is -0.117. The first-order chi connectivity index (χ1) is 10.7. The van der Waals surface area contributed by atoms with Crippen LogP contribution >= 0.6 is 34.9 Å². The fraction of sp³-hybridized carbons (Fsp3) is 0.357. The normalized spacial score (nSPS) is 12.1. The number of carbonyl (C=O) groups is 1. The molecule has 0 spiro atoms. The van der Waals surface area contributed by atoms with Crippen molar-refractivity contribution in [1.82, 2.24) is 10.2 Å². The summed E-state index contributed by atoms with van der Waals surface area (Å²) in [4.78, 5) is 11.9. The lowest BCUT2D eigenvalue weighted by Gasteiger charge is -2.08. The fourth-order valence-electron chi connectivity index (χ4n) is 1.61. The summed E-state index contributed by atoms with van der Waals surface area (Å²) in [5, 5.41) is 11.3. The third-order valence-corrected chi connectivity index (χ3v) is 5.50. The molecule has 0 bridgehead atoms. The summed E-state index contributed by atoms with van der Waals surface area (Å²) in [6.45, 7) is 0. The molecule has 1 amide bonds. The second-order valence-corrected chi connectivity index (χ2v) is 7.71. The minimum atomic E-state index is -0.503. The Balaban J connectivity index is 1.82. The third-order valence-electron chi connectivity index (χ3n) is 2.81. The Morgan fingerprint density at radius 1 is 1.36 bits per heavy atom. The van der Waals surface area contributed by atoms with Crippen molar-refractivity contribution in [3.05, 3.63) is 35.9 Å². The van der Waals surface area contributed by atoms with Crippen LogP contribution in [0.15, 0.2) is 34.7 Å². The zero-order valence-corrected chi connectivity index (χ0v) is 14.6. The lowest BCUT2D eigenvalue weighted by Crippen LogP contribution is -2.36. The maximum absolute atomic E-state index is 11.9. The molecule has 0 saturated heterocycles. The Morgan fingerprint density at radius 3 is 2.86 bits per heavy atom. The van der Waals surface area contributed by atoms with Gasteiger partial charge >= 0.3 is 0 Å². The molecule has 1 heterocycles. The number of thioether (sulfide) groups is 2. The van der Waals surface area contributed by atoms with E-state index in [0.717, 1.165) is 15.8 Å². The van der Waals surface area contributed by atoms with E-state index in [4.69, 9.17) is 5.73 Å². The van der Waals surface area contributed by atoms with Crippen molar-refractivity contribution in [2.45, 2.75) is 22.6 Å². The van der Waals surface area contributed by atoms with Crippen molar-refractivity contribution in [3.63, 3.8) is 0 Å². The van der Waals surface area contributed by atoms with Gasteiger partial charge in [0, 0.05) is 5.75 Å². The van der Waals surface area contributed by atoms with Gasteiger partial charge in [0.15, 0.2) is 4.34 Å². The average Bonchev–Trinajstić information content (AvgIpc) is 2.99. The Bertz CT molecular complexity index is 591. The standard InChI is InChI=1S/C14H18N4OS3/c1-20-8-7-11(15)12(19)16-13-17-18-14(22-13)21-9-10-5-3-2-4-6-10/h2-6,11H,7-9,15H2,1H3,(H,16,17,19). The second kappa shape index (κ2) is 9.14. The number of amides is 1. The molecular weight excluding hydrogens is 336 g/mol. The van der Waals surface area contributed by atoms with Crippen molar-refractivity contribution in [2.24, 2.45) is 5.73 Å². The van der Waals surface area contributed by atoms with Crippen LogP contribution in [0, 0.1) is 0 Å². The first kappa shape index (κ1) is 17.3. The molecule has 22 heavy (non-hydrogen) atoms. The highest BCUT2D eigenvalue weighted by atomic mass is 32.2. The molecule has 0 radical (unpaired) electrons. The van der Waals surface area contributed by atoms with Crippen molar-refractivity contribution in [2.75, 3.05) is 17.3 Å². The summed E-state index contributed by atoms with van der Waals surface area (Å²) in [6, 6.07) is 9.65. The van der Waals surface area contributed by atoms with Crippen LogP contribution in [0.1, 0.15) is 12.0 Å². The van der Waals surface area contributed by atoms with Gasteiger partial charge in [0.25, 0.3) is 0 Å². The van der Waals surface area contributed by atoms with E-state index in [1.54, 1.807) is 23.5 Å². The number of nitrogens with two attached hydrogens (primary N) is 1. The Labute approximate surface area is 142 Å². The maximum Gasteiger partial charge on any atom is 0.243 e. The van der Waals surface area contributed by atoms with Crippen molar-refractivity contribution in [1.29, 1.82) is 0 Å². The van der Waals surface area contributed by atoms with E-state index in [2.05, 4.69) is 27.6 Å². The van der Waals surface area contributed by atoms with Crippen LogP contribution in [0.25, 0.3) is 0 Å². The minimum absolute atomic E-state index is 0.204. The Kier molecular flexibility index (Phi) is 7.17. The summed E-state index contributed by atoms with van der Waals surface area (Å²) in [7, 11) is 0. The molecule has 1 aromatic heterocycles. The highest BCUT2D eigenvalue weighted by Gasteiger charge is 2.15. The topological polar surface area (TPSA) is 80.9 Å². The largest absolute Gasteiger partial charge is 0.320 e. The van der Waals surface area contributed by atoms with Crippen LogP contribution < -0.4 is 11.1 Å². The van der Waals surface area contributed by atoms with E-state index in [1.165, 1.54) is 16.9 Å². The Hall–Kier alpha value is -1.09. The van der Waals surface area contributed by atoms with Gasteiger partial charge in [0.1, 0.15) is 0 Å². The molecule has 118 valence electrons. The van der Waals surface area contributed by atoms with Crippen molar-refractivity contribution in [3.8, 4) is 0 Å². The highest BCUT2D eigenvalue weighted by molar-refractivity contribution is 8.00. The predicted molar refractivity (Wildman–Crippen MR) is 95.5 cm³/mol. The zero-order valence-electron chi connectivity index (χ0n) is 12.2. The summed E-state index contributed by atoms with van der Waals surface area (Å²) >= 11 is 4.65. The number of anilines is 1. The van der Waals surface area contributed by atoms with Crippen LogP contribution in [-0.4, -0.2) is 34.2 Å². The lowest BCUT2D eigenvalue weighted by atomic mass is 10.2. The number of rotatable bonds is 8. The number of hydrogen-bond donors (Lipinski definition) is 2. The predicted octanol–water partition coefficient (Wildman–Crippen LogP) is 2.85. The first-order valence-corrected chi connectivity index (χ1v) is 9.94. The minimum Gasteiger partial charge on any atom is -0.320 e. The van der Waals surface area contributed by atoms with E-state index < -0.39 is 6.04 Å². The van der Waals surface area contributed by atoms with Crippen LogP contribution in [0.3, 0.4) is 0 Å². The number of nitrogens with one attached hydrogen (secondary N) is 1. The van der Waals surface area contributed by atoms with Crippen LogP contribution in [-0.2, 0) is 10.5 Å². The van der Waals surface area contributed by atoms with Gasteiger partial charge in [-0.15, -0.1) is 10.2 Å². The van der Waals surface area contributed by atoms with Crippen molar-refractivity contribution >= 4 is 45.9 Å². The molecule has 1 aromatic carbocycles. The van der Waals surface area contributed by atoms with Gasteiger partial charge in [-0.2, -0.15) is 11.8 Å². The molecule has 2 rings (SSSR count). The summed E-state index contributed by atoms with van der Waals surface area (Å²) < 4.78 is 0.830. The molecule has 0 fully saturated rings. The molecule has 0 saturated carbocycles. The van der Waals surface area contributed by atoms with Crippen molar-refractivity contribution < 1.29 is 4.79 Å². The summed E-state index contributed by atoms with van der Waals surface area (Å²) in [5.74, 6) is 1.49. The number of benzene rings is 1. The number of carbonyl (C=O) groups excluding carboxylic acids is 1. The third kappa shape index (κ3) is 5.60. The molecule has 3 N–H and O–H groups in total. The van der Waals surface area contributed by atoms with E-state index in [9.17, 15) is 4.79 Å². The van der Waals surface area contributed by atoms with Gasteiger partial charge < -0.3 is 5.73 Å². The van der Waals surface area contributed by atoms with Gasteiger partial charge in [0.05, 0.1) is 6.04 Å². The monoisotopic (exact) mass is 354 g/mol. The number of nitrogens with zero attached hydrogens (tertiary/aromatic N) is 2. The molecule has 0 aliphatic heterocycles. The maximum atomic E-state index is 11.9. The fourth-order valence-corrected chi connectivity index (χ4v) is 3.81. The number of aromatic nitrogens is 2. The van der Waals surface area contributed by atoms with E-state index in [0.29, 0.717) is 11.6 Å². The first-order valence-electron chi connectivity index (χ1n) is 6.74. The van der Waals surface area contributed by atoms with E-state index in [1.807, 2.05) is 24.5 Å². The molecule has 5 nitrogen and oxygen atoms in total. The zero-order chi connectivity index (χ0) is 15.8. The average molecular weight is 355 g/mol. The summed E-state index contributed by atoms with van der Waals surface area (Å²) in [5.41, 5.74) is 7.05. The molecule has 2 aromatic rings. The van der Waals surface area contributed by atoms with Gasteiger partial charge in [-0.25, -0.2) is 0 Å². The van der Waals surface area contributed by atoms with Crippen LogP contribution in [0.4, 0.5) is 5.13 Å². The molecule has 8 heteroatoms. The smallest absolute Gasteiger partial charge is 0.243 e. The molecule has 1 unspecified atom stereocenters. The van der Waals surface area contributed by atoms with Gasteiger partial charge in [0.2, 0.25) is 11.0 Å². The Morgan fingerprint density at radius 2 is 2.14 bits per heavy atom. The summed E-state index contributed by atoms with van der Waals surface area (Å²) in [6.07, 6.45) is 2.65. The SMILES string of the molecule is CSCCC(N)C(=O)Nc1nnc(SCc2ccccc2)s1. The van der Waals surface area contributed by atoms with Crippen LogP contribution in [0.5, 0.6) is 0 Å². The number of hydrogen-bond acceptors (Lipinski definition) is 7. The van der Waals surface area contributed by atoms with Gasteiger partial charge in [-0.05, 0) is 24.0 Å². The van der Waals surface area contributed by atoms with E-state index >= 15 is 0 Å². The quantitative estimate of drug-likeness (QED) is 0.560. The second-order valence-electron chi connectivity index (χ2n) is 4.52. The highest BCUT2D eigenvalue weighted by Crippen LogP contribution is 2.28. The van der Waals surface area contributed by atoms with E-state index in [-0.39, 0.29) is 5.91 Å². The van der Waals surface area contributed by atoms with Gasteiger partial charge in [-0.3, -0.25) is 10.1 Å². The molecule has 0 aliphatic rings.